The number of rotatable bonds is 2. The summed E-state index contributed by atoms with van der Waals surface area (Å²) in [5, 5.41) is 0. The molecular weight excluding hydrogens is 172 g/mol. The summed E-state index contributed by atoms with van der Waals surface area (Å²) in [6.07, 6.45) is 0. The second-order valence-corrected chi connectivity index (χ2v) is 3.39. The first-order valence-electron chi connectivity index (χ1n) is 5.31. The van der Waals surface area contributed by atoms with Crippen LogP contribution in [0, 0.1) is 6.92 Å². The molecule has 1 aromatic rings. The van der Waals surface area contributed by atoms with Crippen molar-refractivity contribution in [3.05, 3.63) is 29.1 Å². The number of nitrogens with zero attached hydrogens (tertiary/aromatic N) is 1. The number of hydrogen-bond acceptors (Lipinski definition) is 2. The third kappa shape index (κ3) is 3.88. The third-order valence-corrected chi connectivity index (χ3v) is 1.90. The van der Waals surface area contributed by atoms with Crippen LogP contribution < -0.4 is 5.73 Å². The second-order valence-electron chi connectivity index (χ2n) is 3.39. The summed E-state index contributed by atoms with van der Waals surface area (Å²) >= 11 is 0. The van der Waals surface area contributed by atoms with Crippen LogP contribution in [0.5, 0.6) is 0 Å². The molecule has 2 nitrogen and oxygen atoms in total. The van der Waals surface area contributed by atoms with E-state index in [4.69, 9.17) is 5.73 Å². The maximum Gasteiger partial charge on any atom is 0.0545 e. The maximum absolute atomic E-state index is 5.53. The first-order chi connectivity index (χ1) is 6.63. The Kier molecular flexibility index (Phi) is 6.13. The molecule has 0 saturated heterocycles. The van der Waals surface area contributed by atoms with E-state index >= 15 is 0 Å². The Morgan fingerprint density at radius 2 is 1.86 bits per heavy atom. The molecule has 1 rings (SSSR count). The largest absolute Gasteiger partial charge is 0.325 e. The quantitative estimate of drug-likeness (QED) is 0.786. The monoisotopic (exact) mass is 194 g/mol. The maximum atomic E-state index is 5.53. The first kappa shape index (κ1) is 13.1. The van der Waals surface area contributed by atoms with Crippen LogP contribution in [0.4, 0.5) is 0 Å². The van der Waals surface area contributed by atoms with E-state index in [0.717, 1.165) is 11.4 Å². The standard InChI is InChI=1S/C10H16N2.C2H6/c1-7(2)9-4-8(3)12-10(5-9)6-11;1-2/h4-5,7H,6,11H2,1-3H3;1-2H3. The SMILES string of the molecule is CC.Cc1cc(C(C)C)cc(CN)n1. The van der Waals surface area contributed by atoms with Gasteiger partial charge in [-0.3, -0.25) is 4.98 Å². The molecule has 2 N–H and O–H groups in total. The predicted molar refractivity (Wildman–Crippen MR) is 62.3 cm³/mol. The summed E-state index contributed by atoms with van der Waals surface area (Å²) < 4.78 is 0. The Hall–Kier alpha value is -0.890. The van der Waals surface area contributed by atoms with Crippen LogP contribution in [0.1, 0.15) is 50.6 Å². The van der Waals surface area contributed by atoms with Gasteiger partial charge in [0.15, 0.2) is 0 Å². The molecule has 1 aromatic heterocycles. The van der Waals surface area contributed by atoms with Crippen LogP contribution in [-0.2, 0) is 6.54 Å². The van der Waals surface area contributed by atoms with Crippen molar-refractivity contribution >= 4 is 0 Å². The van der Waals surface area contributed by atoms with Gasteiger partial charge in [0.1, 0.15) is 0 Å². The van der Waals surface area contributed by atoms with Gasteiger partial charge in [0.25, 0.3) is 0 Å². The fourth-order valence-electron chi connectivity index (χ4n) is 1.20. The van der Waals surface area contributed by atoms with Gasteiger partial charge in [-0.25, -0.2) is 0 Å². The Morgan fingerprint density at radius 3 is 2.29 bits per heavy atom. The third-order valence-electron chi connectivity index (χ3n) is 1.90. The molecule has 0 saturated carbocycles. The second kappa shape index (κ2) is 6.55. The summed E-state index contributed by atoms with van der Waals surface area (Å²) in [5.74, 6) is 0.553. The summed E-state index contributed by atoms with van der Waals surface area (Å²) in [6, 6.07) is 4.20. The average Bonchev–Trinajstić information content (AvgIpc) is 2.20. The van der Waals surface area contributed by atoms with E-state index in [1.54, 1.807) is 0 Å². The minimum Gasteiger partial charge on any atom is -0.325 e. The van der Waals surface area contributed by atoms with Crippen molar-refractivity contribution in [2.24, 2.45) is 5.73 Å². The van der Waals surface area contributed by atoms with E-state index in [-0.39, 0.29) is 0 Å². The lowest BCUT2D eigenvalue weighted by Crippen LogP contribution is -2.02. The molecule has 0 aliphatic rings. The number of aryl methyl sites for hydroxylation is 1. The molecule has 0 fully saturated rings. The van der Waals surface area contributed by atoms with Crippen molar-refractivity contribution in [3.63, 3.8) is 0 Å². The summed E-state index contributed by atoms with van der Waals surface area (Å²) in [6.45, 7) is 10.9. The summed E-state index contributed by atoms with van der Waals surface area (Å²) in [7, 11) is 0. The zero-order chi connectivity index (χ0) is 11.1. The highest BCUT2D eigenvalue weighted by atomic mass is 14.7. The lowest BCUT2D eigenvalue weighted by atomic mass is 10.0. The Labute approximate surface area is 87.6 Å². The Bertz CT molecular complexity index is 267. The Balaban J connectivity index is 0.000000791. The molecule has 0 bridgehead atoms. The van der Waals surface area contributed by atoms with Crippen molar-refractivity contribution in [1.82, 2.24) is 4.98 Å². The van der Waals surface area contributed by atoms with Crippen molar-refractivity contribution in [3.8, 4) is 0 Å². The molecule has 0 amide bonds. The fraction of sp³-hybridized carbons (Fsp3) is 0.583. The molecule has 1 heterocycles. The molecule has 0 aromatic carbocycles. The molecule has 0 spiro atoms. The molecule has 0 aliphatic heterocycles. The molecule has 14 heavy (non-hydrogen) atoms. The molecule has 0 radical (unpaired) electrons. The van der Waals surface area contributed by atoms with Crippen LogP contribution in [0.25, 0.3) is 0 Å². The zero-order valence-corrected chi connectivity index (χ0v) is 9.96. The smallest absolute Gasteiger partial charge is 0.0545 e. The van der Waals surface area contributed by atoms with Gasteiger partial charge in [0.05, 0.1) is 5.69 Å². The van der Waals surface area contributed by atoms with E-state index in [0.29, 0.717) is 12.5 Å². The van der Waals surface area contributed by atoms with E-state index in [1.807, 2.05) is 20.8 Å². The first-order valence-corrected chi connectivity index (χ1v) is 5.31. The topological polar surface area (TPSA) is 38.9 Å². The van der Waals surface area contributed by atoms with Gasteiger partial charge < -0.3 is 5.73 Å². The number of aromatic nitrogens is 1. The van der Waals surface area contributed by atoms with Crippen molar-refractivity contribution < 1.29 is 0 Å². The van der Waals surface area contributed by atoms with Crippen LogP contribution in [0.2, 0.25) is 0 Å². The minimum absolute atomic E-state index is 0.529. The summed E-state index contributed by atoms with van der Waals surface area (Å²) in [4.78, 5) is 4.31. The van der Waals surface area contributed by atoms with Crippen LogP contribution in [-0.4, -0.2) is 4.98 Å². The van der Waals surface area contributed by atoms with Crippen molar-refractivity contribution in [2.45, 2.75) is 47.1 Å². The lowest BCUT2D eigenvalue weighted by molar-refractivity contribution is 0.844. The predicted octanol–water partition coefficient (Wildman–Crippen LogP) is 3.00. The van der Waals surface area contributed by atoms with E-state index < -0.39 is 0 Å². The minimum atomic E-state index is 0.529. The van der Waals surface area contributed by atoms with Gasteiger partial charge in [0.2, 0.25) is 0 Å². The van der Waals surface area contributed by atoms with E-state index in [1.165, 1.54) is 5.56 Å². The highest BCUT2D eigenvalue weighted by Crippen LogP contribution is 2.15. The van der Waals surface area contributed by atoms with Gasteiger partial charge in [-0.1, -0.05) is 27.7 Å². The molecule has 0 aliphatic carbocycles. The molecule has 80 valence electrons. The van der Waals surface area contributed by atoms with Gasteiger partial charge in [-0.05, 0) is 30.5 Å². The fourth-order valence-corrected chi connectivity index (χ4v) is 1.20. The molecule has 0 unspecified atom stereocenters. The number of pyridine rings is 1. The number of nitrogens with two attached hydrogens (primary N) is 1. The van der Waals surface area contributed by atoms with E-state index in [2.05, 4.69) is 31.0 Å². The number of hydrogen-bond donors (Lipinski definition) is 1. The highest BCUT2D eigenvalue weighted by Gasteiger charge is 2.01. The van der Waals surface area contributed by atoms with Gasteiger partial charge in [-0.15, -0.1) is 0 Å². The van der Waals surface area contributed by atoms with Crippen molar-refractivity contribution in [2.75, 3.05) is 0 Å². The average molecular weight is 194 g/mol. The van der Waals surface area contributed by atoms with Crippen LogP contribution >= 0.6 is 0 Å². The molecule has 2 heteroatoms. The van der Waals surface area contributed by atoms with Crippen LogP contribution in [0.15, 0.2) is 12.1 Å². The lowest BCUT2D eigenvalue weighted by Gasteiger charge is -2.07. The van der Waals surface area contributed by atoms with Gasteiger partial charge in [-0.2, -0.15) is 0 Å². The van der Waals surface area contributed by atoms with Crippen LogP contribution in [0.3, 0.4) is 0 Å². The zero-order valence-electron chi connectivity index (χ0n) is 9.96. The Morgan fingerprint density at radius 1 is 1.29 bits per heavy atom. The molecule has 0 atom stereocenters. The molecular formula is C12H22N2. The summed E-state index contributed by atoms with van der Waals surface area (Å²) in [5.41, 5.74) is 8.89. The van der Waals surface area contributed by atoms with Crippen molar-refractivity contribution in [1.29, 1.82) is 0 Å². The normalized spacial score (nSPS) is 9.64. The van der Waals surface area contributed by atoms with Gasteiger partial charge >= 0.3 is 0 Å². The van der Waals surface area contributed by atoms with Gasteiger partial charge in [0, 0.05) is 12.2 Å². The highest BCUT2D eigenvalue weighted by molar-refractivity contribution is 5.23. The van der Waals surface area contributed by atoms with E-state index in [9.17, 15) is 0 Å².